The van der Waals surface area contributed by atoms with Crippen LogP contribution in [0.3, 0.4) is 0 Å². The number of hydrogen-bond acceptors (Lipinski definition) is 7. The lowest BCUT2D eigenvalue weighted by Crippen LogP contribution is -2.20. The Balaban J connectivity index is 1.15. The van der Waals surface area contributed by atoms with E-state index >= 15 is 0 Å². The van der Waals surface area contributed by atoms with Crippen LogP contribution in [0.5, 0.6) is 17.2 Å². The normalized spacial score (nSPS) is 11.0. The van der Waals surface area contributed by atoms with E-state index in [1.54, 1.807) is 18.2 Å². The number of rotatable bonds is 12. The molecular formula is C35H32Br2N4O6. The van der Waals surface area contributed by atoms with Crippen LogP contribution < -0.4 is 25.0 Å². The Hall–Kier alpha value is -4.81. The van der Waals surface area contributed by atoms with E-state index in [0.717, 1.165) is 22.6 Å². The van der Waals surface area contributed by atoms with E-state index in [0.29, 0.717) is 43.2 Å². The summed E-state index contributed by atoms with van der Waals surface area (Å²) < 4.78 is 26.0. The highest BCUT2D eigenvalue weighted by Crippen LogP contribution is 2.42. The smallest absolute Gasteiger partial charge is 0.307 e. The number of furan rings is 1. The van der Waals surface area contributed by atoms with E-state index in [9.17, 15) is 9.59 Å². The number of aryl methyl sites for hydroxylation is 3. The molecule has 2 N–H and O–H groups in total. The summed E-state index contributed by atoms with van der Waals surface area (Å²) in [6, 6.07) is 24.3. The van der Waals surface area contributed by atoms with Gasteiger partial charge in [-0.15, -0.1) is 0 Å². The lowest BCUT2D eigenvalue weighted by molar-refractivity contribution is -0.118. The van der Waals surface area contributed by atoms with E-state index in [1.807, 2.05) is 55.5 Å². The number of carbonyl (C=O) groups is 2. The fourth-order valence-corrected chi connectivity index (χ4v) is 5.61. The first-order valence-electron chi connectivity index (χ1n) is 14.5. The summed E-state index contributed by atoms with van der Waals surface area (Å²) in [5.41, 5.74) is 8.16. The molecule has 12 heteroatoms. The van der Waals surface area contributed by atoms with E-state index < -0.39 is 5.91 Å². The van der Waals surface area contributed by atoms with Crippen molar-refractivity contribution >= 4 is 55.6 Å². The number of aromatic nitrogens is 1. The molecule has 0 unspecified atom stereocenters. The monoisotopic (exact) mass is 762 g/mol. The second-order valence-electron chi connectivity index (χ2n) is 10.5. The van der Waals surface area contributed by atoms with Crippen LogP contribution >= 0.6 is 31.9 Å². The maximum absolute atomic E-state index is 12.7. The van der Waals surface area contributed by atoms with Crippen LogP contribution in [0.1, 0.15) is 38.8 Å². The Labute approximate surface area is 289 Å². The van der Waals surface area contributed by atoms with Gasteiger partial charge in [-0.2, -0.15) is 5.10 Å². The quantitative estimate of drug-likeness (QED) is 0.0987. The first kappa shape index (κ1) is 33.6. The molecule has 5 rings (SSSR count). The number of halogens is 2. The Kier molecular flexibility index (Phi) is 10.8. The summed E-state index contributed by atoms with van der Waals surface area (Å²) in [5.74, 6) is 1.07. The van der Waals surface area contributed by atoms with Crippen molar-refractivity contribution in [3.8, 4) is 22.9 Å². The molecule has 0 saturated heterocycles. The van der Waals surface area contributed by atoms with Gasteiger partial charge in [-0.25, -0.2) is 5.43 Å². The Morgan fingerprint density at radius 3 is 2.28 bits per heavy atom. The van der Waals surface area contributed by atoms with Crippen molar-refractivity contribution in [2.45, 2.75) is 27.4 Å². The van der Waals surface area contributed by atoms with Crippen LogP contribution in [-0.2, 0) is 11.4 Å². The molecule has 2 aromatic heterocycles. The molecule has 2 amide bonds. The van der Waals surface area contributed by atoms with Crippen molar-refractivity contribution in [2.24, 2.45) is 5.10 Å². The molecule has 10 nitrogen and oxygen atoms in total. The maximum atomic E-state index is 12.7. The third-order valence-electron chi connectivity index (χ3n) is 7.06. The molecular weight excluding hydrogens is 732 g/mol. The highest BCUT2D eigenvalue weighted by Gasteiger charge is 2.18. The van der Waals surface area contributed by atoms with E-state index in [-0.39, 0.29) is 24.9 Å². The lowest BCUT2D eigenvalue weighted by atomic mass is 10.2. The van der Waals surface area contributed by atoms with Gasteiger partial charge in [0.2, 0.25) is 0 Å². The second kappa shape index (κ2) is 15.2. The van der Waals surface area contributed by atoms with Gasteiger partial charge in [0.05, 0.1) is 17.8 Å². The molecule has 0 fully saturated rings. The van der Waals surface area contributed by atoms with Gasteiger partial charge in [-0.1, -0.05) is 17.7 Å². The van der Waals surface area contributed by atoms with Gasteiger partial charge in [0.25, 0.3) is 5.91 Å². The van der Waals surface area contributed by atoms with Crippen molar-refractivity contribution in [1.82, 2.24) is 9.99 Å². The minimum Gasteiger partial charge on any atom is -0.493 e. The standard InChI is InChI=1S/C35H32Br2N4O6/c1-21-5-9-25(10-6-21)39-31(42)20-46-34-30(44-4)17-24(32(36)33(34)37)18-38-40-35(43)29-16-15-28(47-29)19-45-27-13-11-26(12-14-27)41-22(2)7-8-23(41)3/h5-18H,19-20H2,1-4H3,(H,39,42)(H,40,43)/b38-18+. The number of carbonyl (C=O) groups excluding carboxylic acids is 2. The van der Waals surface area contributed by atoms with Crippen molar-refractivity contribution in [2.75, 3.05) is 19.0 Å². The minimum atomic E-state index is -0.531. The van der Waals surface area contributed by atoms with E-state index in [4.69, 9.17) is 18.6 Å². The number of ether oxygens (including phenoxy) is 3. The summed E-state index contributed by atoms with van der Waals surface area (Å²) in [4.78, 5) is 25.1. The Bertz CT molecular complexity index is 1890. The molecule has 2 heterocycles. The largest absolute Gasteiger partial charge is 0.493 e. The number of hydrogen-bond donors (Lipinski definition) is 2. The van der Waals surface area contributed by atoms with Crippen molar-refractivity contribution < 1.29 is 28.2 Å². The third kappa shape index (κ3) is 8.32. The molecule has 5 aromatic rings. The molecule has 0 bridgehead atoms. The number of nitrogens with zero attached hydrogens (tertiary/aromatic N) is 2. The summed E-state index contributed by atoms with van der Waals surface area (Å²) in [6.07, 6.45) is 1.44. The molecule has 0 atom stereocenters. The molecule has 3 aromatic carbocycles. The van der Waals surface area contributed by atoms with Crippen LogP contribution in [0.4, 0.5) is 5.69 Å². The molecule has 0 aliphatic rings. The first-order valence-corrected chi connectivity index (χ1v) is 16.1. The number of nitrogens with one attached hydrogen (secondary N) is 2. The summed E-state index contributed by atoms with van der Waals surface area (Å²) in [6.45, 7) is 6.01. The number of amides is 2. The highest BCUT2D eigenvalue weighted by atomic mass is 79.9. The van der Waals surface area contributed by atoms with Gasteiger partial charge < -0.3 is 28.5 Å². The zero-order valence-corrected chi connectivity index (χ0v) is 29.3. The number of benzene rings is 3. The van der Waals surface area contributed by atoms with Crippen LogP contribution in [0, 0.1) is 20.8 Å². The van der Waals surface area contributed by atoms with Crippen LogP contribution in [-0.4, -0.2) is 36.3 Å². The molecule has 242 valence electrons. The Morgan fingerprint density at radius 2 is 1.60 bits per heavy atom. The van der Waals surface area contributed by atoms with Crippen molar-refractivity contribution in [3.05, 3.63) is 122 Å². The summed E-state index contributed by atoms with van der Waals surface area (Å²) in [5, 5.41) is 6.86. The van der Waals surface area contributed by atoms with Gasteiger partial charge in [0.15, 0.2) is 23.9 Å². The van der Waals surface area contributed by atoms with Crippen LogP contribution in [0.2, 0.25) is 0 Å². The average Bonchev–Trinajstić information content (AvgIpc) is 3.68. The van der Waals surface area contributed by atoms with E-state index in [1.165, 1.54) is 13.3 Å². The number of hydrazone groups is 1. The minimum absolute atomic E-state index is 0.0835. The molecule has 0 aliphatic heterocycles. The number of anilines is 1. The van der Waals surface area contributed by atoms with Gasteiger partial charge in [-0.05, 0) is 119 Å². The fourth-order valence-electron chi connectivity index (χ4n) is 4.67. The summed E-state index contributed by atoms with van der Waals surface area (Å²) in [7, 11) is 1.48. The predicted molar refractivity (Wildman–Crippen MR) is 187 cm³/mol. The lowest BCUT2D eigenvalue weighted by Gasteiger charge is -2.15. The third-order valence-corrected chi connectivity index (χ3v) is 9.20. The predicted octanol–water partition coefficient (Wildman–Crippen LogP) is 7.89. The van der Waals surface area contributed by atoms with Crippen molar-refractivity contribution in [1.29, 1.82) is 0 Å². The topological polar surface area (TPSA) is 116 Å². The van der Waals surface area contributed by atoms with Crippen LogP contribution in [0.25, 0.3) is 5.69 Å². The van der Waals surface area contributed by atoms with Gasteiger partial charge in [-0.3, -0.25) is 9.59 Å². The average molecular weight is 764 g/mol. The number of methoxy groups -OCH3 is 1. The fraction of sp³-hybridized carbons (Fsp3) is 0.171. The van der Waals surface area contributed by atoms with Crippen molar-refractivity contribution in [3.63, 3.8) is 0 Å². The maximum Gasteiger partial charge on any atom is 0.307 e. The molecule has 0 saturated carbocycles. The van der Waals surface area contributed by atoms with Gasteiger partial charge in [0, 0.05) is 32.8 Å². The van der Waals surface area contributed by atoms with E-state index in [2.05, 4.69) is 78.3 Å². The first-order chi connectivity index (χ1) is 22.6. The molecule has 0 spiro atoms. The highest BCUT2D eigenvalue weighted by molar-refractivity contribution is 9.13. The van der Waals surface area contributed by atoms with Crippen LogP contribution in [0.15, 0.2) is 97.3 Å². The zero-order chi connectivity index (χ0) is 33.5. The Morgan fingerprint density at radius 1 is 0.894 bits per heavy atom. The molecule has 0 aliphatic carbocycles. The zero-order valence-electron chi connectivity index (χ0n) is 26.1. The SMILES string of the molecule is COc1cc(/C=N/NC(=O)c2ccc(COc3ccc(-n4c(C)ccc4C)cc3)o2)c(Br)c(Br)c1OCC(=O)Nc1ccc(C)cc1. The van der Waals surface area contributed by atoms with Gasteiger partial charge >= 0.3 is 5.91 Å². The van der Waals surface area contributed by atoms with Gasteiger partial charge in [0.1, 0.15) is 18.1 Å². The second-order valence-corrected chi connectivity index (χ2v) is 12.1. The molecule has 0 radical (unpaired) electrons. The summed E-state index contributed by atoms with van der Waals surface area (Å²) >= 11 is 7.01. The molecule has 47 heavy (non-hydrogen) atoms.